The highest BCUT2D eigenvalue weighted by molar-refractivity contribution is 9.10. The molecule has 0 saturated carbocycles. The minimum atomic E-state index is -3.83. The maximum Gasteiger partial charge on any atom is 0.265 e. The lowest BCUT2D eigenvalue weighted by molar-refractivity contribution is 0.122. The molecule has 1 aromatic heterocycles. The minimum Gasteiger partial charge on any atom is -0.378 e. The lowest BCUT2D eigenvalue weighted by Gasteiger charge is -2.28. The van der Waals surface area contributed by atoms with E-state index in [-0.39, 0.29) is 13.7 Å². The predicted octanol–water partition coefficient (Wildman–Crippen LogP) is 4.45. The van der Waals surface area contributed by atoms with Crippen LogP contribution < -0.4 is 9.62 Å². The molecule has 1 aliphatic rings. The SMILES string of the molecule is O=S(=O)(Nc1ccc(N2CCOCC2)cc1)c1c(Cl)sc(Cl)c1Br. The van der Waals surface area contributed by atoms with Gasteiger partial charge in [-0.3, -0.25) is 4.72 Å². The van der Waals surface area contributed by atoms with Gasteiger partial charge in [0.2, 0.25) is 0 Å². The number of sulfonamides is 1. The molecule has 0 spiro atoms. The number of rotatable bonds is 4. The molecule has 0 aliphatic carbocycles. The minimum absolute atomic E-state index is 0.0450. The third-order valence-corrected chi connectivity index (χ3v) is 8.34. The second kappa shape index (κ2) is 7.39. The Labute approximate surface area is 162 Å². The quantitative estimate of drug-likeness (QED) is 0.715. The smallest absolute Gasteiger partial charge is 0.265 e. The molecule has 0 radical (unpaired) electrons. The Balaban J connectivity index is 1.80. The summed E-state index contributed by atoms with van der Waals surface area (Å²) in [4.78, 5) is 2.14. The Kier molecular flexibility index (Phi) is 5.63. The maximum atomic E-state index is 12.5. The Morgan fingerprint density at radius 1 is 1.12 bits per heavy atom. The number of anilines is 2. The normalized spacial score (nSPS) is 15.5. The van der Waals surface area contributed by atoms with Crippen molar-refractivity contribution >= 4 is 71.9 Å². The predicted molar refractivity (Wildman–Crippen MR) is 102 cm³/mol. The van der Waals surface area contributed by atoms with Crippen molar-refractivity contribution in [2.45, 2.75) is 4.90 Å². The molecule has 24 heavy (non-hydrogen) atoms. The molecule has 1 N–H and O–H groups in total. The summed E-state index contributed by atoms with van der Waals surface area (Å²) in [5.74, 6) is 0. The first-order valence-corrected chi connectivity index (χ1v) is 10.8. The second-order valence-electron chi connectivity index (χ2n) is 5.04. The van der Waals surface area contributed by atoms with Gasteiger partial charge >= 0.3 is 0 Å². The molecular weight excluding hydrogens is 459 g/mol. The van der Waals surface area contributed by atoms with Gasteiger partial charge in [-0.1, -0.05) is 23.2 Å². The van der Waals surface area contributed by atoms with Crippen molar-refractivity contribution in [1.29, 1.82) is 0 Å². The number of nitrogens with one attached hydrogen (secondary N) is 1. The Morgan fingerprint density at radius 2 is 1.75 bits per heavy atom. The first-order valence-electron chi connectivity index (χ1n) is 6.97. The van der Waals surface area contributed by atoms with E-state index in [0.717, 1.165) is 30.1 Å². The fourth-order valence-electron chi connectivity index (χ4n) is 2.34. The highest BCUT2D eigenvalue weighted by Gasteiger charge is 2.26. The number of nitrogens with zero attached hydrogens (tertiary/aromatic N) is 1. The van der Waals surface area contributed by atoms with Crippen LogP contribution in [0.5, 0.6) is 0 Å². The zero-order valence-electron chi connectivity index (χ0n) is 12.3. The topological polar surface area (TPSA) is 58.6 Å². The first-order chi connectivity index (χ1) is 11.4. The zero-order valence-corrected chi connectivity index (χ0v) is 17.0. The van der Waals surface area contributed by atoms with Crippen LogP contribution >= 0.6 is 50.5 Å². The van der Waals surface area contributed by atoms with Crippen LogP contribution in [-0.2, 0) is 14.8 Å². The summed E-state index contributed by atoms with van der Waals surface area (Å²) in [5.41, 5.74) is 1.48. The number of ether oxygens (including phenoxy) is 1. The van der Waals surface area contributed by atoms with Gasteiger partial charge in [0.25, 0.3) is 10.0 Å². The molecule has 10 heteroatoms. The maximum absolute atomic E-state index is 12.5. The summed E-state index contributed by atoms with van der Waals surface area (Å²) >= 11 is 16.1. The molecule has 1 aliphatic heterocycles. The average Bonchev–Trinajstić information content (AvgIpc) is 2.81. The molecule has 0 unspecified atom stereocenters. The first kappa shape index (κ1) is 18.3. The van der Waals surface area contributed by atoms with E-state index in [9.17, 15) is 8.42 Å². The number of hydrogen-bond donors (Lipinski definition) is 1. The molecule has 0 bridgehead atoms. The highest BCUT2D eigenvalue weighted by atomic mass is 79.9. The molecular formula is C14H13BrCl2N2O3S2. The standard InChI is InChI=1S/C14H13BrCl2N2O3S2/c15-11-12(14(17)23-13(11)16)24(20,21)18-9-1-3-10(4-2-9)19-5-7-22-8-6-19/h1-4,18H,5-8H2. The summed E-state index contributed by atoms with van der Waals surface area (Å²) < 4.78 is 33.6. The van der Waals surface area contributed by atoms with Gasteiger partial charge in [0, 0.05) is 24.5 Å². The van der Waals surface area contributed by atoms with Crippen LogP contribution in [0.4, 0.5) is 11.4 Å². The summed E-state index contributed by atoms with van der Waals surface area (Å²) in [5, 5.41) is 0. The second-order valence-corrected chi connectivity index (χ2v) is 9.68. The lowest BCUT2D eigenvalue weighted by Crippen LogP contribution is -2.36. The molecule has 2 heterocycles. The van der Waals surface area contributed by atoms with Crippen LogP contribution in [0.1, 0.15) is 0 Å². The summed E-state index contributed by atoms with van der Waals surface area (Å²) in [7, 11) is -3.83. The van der Waals surface area contributed by atoms with Crippen LogP contribution in [0, 0.1) is 0 Å². The summed E-state index contributed by atoms with van der Waals surface area (Å²) in [6.07, 6.45) is 0. The Morgan fingerprint density at radius 3 is 2.29 bits per heavy atom. The van der Waals surface area contributed by atoms with Gasteiger partial charge in [-0.05, 0) is 40.2 Å². The number of thiophene rings is 1. The Bertz CT molecular complexity index is 834. The molecule has 1 saturated heterocycles. The third-order valence-electron chi connectivity index (χ3n) is 3.49. The highest BCUT2D eigenvalue weighted by Crippen LogP contribution is 2.43. The van der Waals surface area contributed by atoms with Crippen molar-refractivity contribution in [3.8, 4) is 0 Å². The number of benzene rings is 1. The third kappa shape index (κ3) is 3.84. The summed E-state index contributed by atoms with van der Waals surface area (Å²) in [6, 6.07) is 7.19. The van der Waals surface area contributed by atoms with Crippen LogP contribution in [0.15, 0.2) is 33.6 Å². The molecule has 0 atom stereocenters. The monoisotopic (exact) mass is 470 g/mol. The van der Waals surface area contributed by atoms with Gasteiger partial charge in [0.15, 0.2) is 0 Å². The van der Waals surface area contributed by atoms with Crippen molar-refractivity contribution in [2.75, 3.05) is 35.9 Å². The van der Waals surface area contributed by atoms with Crippen LogP contribution in [-0.4, -0.2) is 34.7 Å². The van der Waals surface area contributed by atoms with E-state index in [2.05, 4.69) is 25.6 Å². The van der Waals surface area contributed by atoms with E-state index in [1.54, 1.807) is 12.1 Å². The molecule has 3 rings (SSSR count). The van der Waals surface area contributed by atoms with Gasteiger partial charge in [-0.2, -0.15) is 0 Å². The molecule has 130 valence electrons. The fraction of sp³-hybridized carbons (Fsp3) is 0.286. The van der Waals surface area contributed by atoms with Gasteiger partial charge in [-0.25, -0.2) is 8.42 Å². The largest absolute Gasteiger partial charge is 0.378 e. The van der Waals surface area contributed by atoms with Gasteiger partial charge in [0.1, 0.15) is 13.6 Å². The number of morpholine rings is 1. The van der Waals surface area contributed by atoms with Crippen molar-refractivity contribution in [3.05, 3.63) is 37.4 Å². The van der Waals surface area contributed by atoms with Crippen molar-refractivity contribution in [1.82, 2.24) is 0 Å². The fourth-order valence-corrected chi connectivity index (χ4v) is 6.95. The zero-order chi connectivity index (χ0) is 17.3. The van der Waals surface area contributed by atoms with Crippen molar-refractivity contribution < 1.29 is 13.2 Å². The van der Waals surface area contributed by atoms with E-state index in [1.807, 2.05) is 12.1 Å². The van der Waals surface area contributed by atoms with Gasteiger partial charge < -0.3 is 9.64 Å². The van der Waals surface area contributed by atoms with Crippen LogP contribution in [0.3, 0.4) is 0 Å². The van der Waals surface area contributed by atoms with Crippen LogP contribution in [0.2, 0.25) is 8.67 Å². The molecule has 1 fully saturated rings. The molecule has 0 amide bonds. The van der Waals surface area contributed by atoms with E-state index in [1.165, 1.54) is 0 Å². The van der Waals surface area contributed by atoms with E-state index < -0.39 is 10.0 Å². The lowest BCUT2D eigenvalue weighted by atomic mass is 10.2. The van der Waals surface area contributed by atoms with Crippen molar-refractivity contribution in [2.24, 2.45) is 0 Å². The average molecular weight is 472 g/mol. The Hall–Kier alpha value is -0.510. The van der Waals surface area contributed by atoms with E-state index >= 15 is 0 Å². The molecule has 5 nitrogen and oxygen atoms in total. The molecule has 2 aromatic rings. The van der Waals surface area contributed by atoms with Gasteiger partial charge in [0.05, 0.1) is 17.7 Å². The van der Waals surface area contributed by atoms with E-state index in [0.29, 0.717) is 23.2 Å². The molecule has 1 aromatic carbocycles. The van der Waals surface area contributed by atoms with Crippen LogP contribution in [0.25, 0.3) is 0 Å². The van der Waals surface area contributed by atoms with Gasteiger partial charge in [-0.15, -0.1) is 11.3 Å². The number of hydrogen-bond acceptors (Lipinski definition) is 5. The van der Waals surface area contributed by atoms with Crippen molar-refractivity contribution in [3.63, 3.8) is 0 Å². The van der Waals surface area contributed by atoms with E-state index in [4.69, 9.17) is 27.9 Å². The number of halogens is 3. The summed E-state index contributed by atoms with van der Waals surface area (Å²) in [6.45, 7) is 3.03.